The van der Waals surface area contributed by atoms with Crippen molar-refractivity contribution in [3.8, 4) is 0 Å². The molecular formula is C16H22N2O4. The molecule has 2 aliphatic rings. The molecule has 3 rings (SSSR count). The van der Waals surface area contributed by atoms with E-state index in [2.05, 4.69) is 11.7 Å². The number of aromatic nitrogens is 1. The molecule has 0 unspecified atom stereocenters. The highest BCUT2D eigenvalue weighted by Gasteiger charge is 2.44. The fraction of sp³-hybridized carbons (Fsp3) is 0.625. The molecule has 1 aromatic heterocycles. The molecule has 1 saturated carbocycles. The van der Waals surface area contributed by atoms with Gasteiger partial charge in [0.2, 0.25) is 0 Å². The molecule has 2 heterocycles. The standard InChI is InChI=1S/C16H22N2O4/c1-3-7-20-9-12-4-5-14-15(12)21-8-6-18(14)16(19)13-10-22-17-11(13)2/h3,10,12,14-15H,1,4-9H2,2H3/t12-,14+,15+/m0/s1. The highest BCUT2D eigenvalue weighted by atomic mass is 16.5. The van der Waals surface area contributed by atoms with Crippen molar-refractivity contribution in [3.05, 3.63) is 30.2 Å². The van der Waals surface area contributed by atoms with Gasteiger partial charge in [-0.3, -0.25) is 4.79 Å². The topological polar surface area (TPSA) is 64.8 Å². The minimum atomic E-state index is -0.00953. The fourth-order valence-corrected chi connectivity index (χ4v) is 3.45. The third kappa shape index (κ3) is 2.80. The van der Waals surface area contributed by atoms with E-state index < -0.39 is 0 Å². The van der Waals surface area contributed by atoms with Crippen molar-refractivity contribution in [3.63, 3.8) is 0 Å². The highest BCUT2D eigenvalue weighted by Crippen LogP contribution is 2.35. The second-order valence-electron chi connectivity index (χ2n) is 5.88. The lowest BCUT2D eigenvalue weighted by molar-refractivity contribution is -0.0738. The van der Waals surface area contributed by atoms with Gasteiger partial charge in [-0.1, -0.05) is 11.2 Å². The summed E-state index contributed by atoms with van der Waals surface area (Å²) < 4.78 is 16.4. The van der Waals surface area contributed by atoms with Crippen LogP contribution in [0, 0.1) is 12.8 Å². The minimum Gasteiger partial charge on any atom is -0.377 e. The second-order valence-corrected chi connectivity index (χ2v) is 5.88. The Morgan fingerprint density at radius 2 is 2.45 bits per heavy atom. The first-order chi connectivity index (χ1) is 10.7. The quantitative estimate of drug-likeness (QED) is 0.613. The van der Waals surface area contributed by atoms with E-state index in [1.165, 1.54) is 6.26 Å². The summed E-state index contributed by atoms with van der Waals surface area (Å²) in [6.07, 6.45) is 5.20. The van der Waals surface area contributed by atoms with E-state index in [1.807, 2.05) is 4.90 Å². The third-order valence-corrected chi connectivity index (χ3v) is 4.53. The van der Waals surface area contributed by atoms with Crippen molar-refractivity contribution < 1.29 is 18.8 Å². The summed E-state index contributed by atoms with van der Waals surface area (Å²) in [4.78, 5) is 14.6. The number of amides is 1. The molecule has 0 aromatic carbocycles. The van der Waals surface area contributed by atoms with Crippen LogP contribution in [-0.2, 0) is 9.47 Å². The molecule has 0 spiro atoms. The third-order valence-electron chi connectivity index (χ3n) is 4.53. The van der Waals surface area contributed by atoms with Crippen molar-refractivity contribution in [1.29, 1.82) is 0 Å². The van der Waals surface area contributed by atoms with Gasteiger partial charge >= 0.3 is 0 Å². The summed E-state index contributed by atoms with van der Waals surface area (Å²) in [5, 5.41) is 3.80. The Hall–Kier alpha value is -1.66. The van der Waals surface area contributed by atoms with Crippen LogP contribution in [0.15, 0.2) is 23.4 Å². The Morgan fingerprint density at radius 3 is 3.18 bits per heavy atom. The molecule has 0 bridgehead atoms. The van der Waals surface area contributed by atoms with Crippen LogP contribution in [0.2, 0.25) is 0 Å². The van der Waals surface area contributed by atoms with E-state index in [4.69, 9.17) is 14.0 Å². The summed E-state index contributed by atoms with van der Waals surface area (Å²) in [6.45, 7) is 7.83. The number of hydrogen-bond donors (Lipinski definition) is 0. The molecule has 2 fully saturated rings. The van der Waals surface area contributed by atoms with Crippen LogP contribution in [-0.4, -0.2) is 54.5 Å². The van der Waals surface area contributed by atoms with E-state index in [0.717, 1.165) is 12.8 Å². The molecular weight excluding hydrogens is 284 g/mol. The van der Waals surface area contributed by atoms with Gasteiger partial charge < -0.3 is 18.9 Å². The zero-order valence-corrected chi connectivity index (χ0v) is 12.9. The Balaban J connectivity index is 1.69. The van der Waals surface area contributed by atoms with Gasteiger partial charge in [0.25, 0.3) is 5.91 Å². The lowest BCUT2D eigenvalue weighted by atomic mass is 10.0. The molecule has 6 heteroatoms. The highest BCUT2D eigenvalue weighted by molar-refractivity contribution is 5.95. The molecule has 6 nitrogen and oxygen atoms in total. The maximum Gasteiger partial charge on any atom is 0.259 e. The van der Waals surface area contributed by atoms with Gasteiger partial charge in [-0.2, -0.15) is 0 Å². The summed E-state index contributed by atoms with van der Waals surface area (Å²) in [5.41, 5.74) is 1.18. The molecule has 0 radical (unpaired) electrons. The van der Waals surface area contributed by atoms with Crippen LogP contribution in [0.25, 0.3) is 0 Å². The van der Waals surface area contributed by atoms with Crippen LogP contribution in [0.5, 0.6) is 0 Å². The lowest BCUT2D eigenvalue weighted by Crippen LogP contribution is -2.53. The normalized spacial score (nSPS) is 27.7. The molecule has 1 saturated heterocycles. The summed E-state index contributed by atoms with van der Waals surface area (Å²) >= 11 is 0. The number of hydrogen-bond acceptors (Lipinski definition) is 5. The Kier molecular flexibility index (Phi) is 4.59. The summed E-state index contributed by atoms with van der Waals surface area (Å²) in [5.74, 6) is 0.328. The largest absolute Gasteiger partial charge is 0.377 e. The minimum absolute atomic E-state index is 0.00953. The number of aryl methyl sites for hydroxylation is 1. The lowest BCUT2D eigenvalue weighted by Gasteiger charge is -2.39. The molecule has 0 N–H and O–H groups in total. The molecule has 1 aliphatic heterocycles. The molecule has 1 aliphatic carbocycles. The number of carbonyl (C=O) groups excluding carboxylic acids is 1. The molecule has 1 amide bonds. The van der Waals surface area contributed by atoms with Gasteiger partial charge in [-0.25, -0.2) is 0 Å². The smallest absolute Gasteiger partial charge is 0.259 e. The number of nitrogens with zero attached hydrogens (tertiary/aromatic N) is 2. The van der Waals surface area contributed by atoms with Crippen molar-refractivity contribution in [2.75, 3.05) is 26.4 Å². The van der Waals surface area contributed by atoms with Gasteiger partial charge in [-0.15, -0.1) is 6.58 Å². The Bertz CT molecular complexity index is 542. The Morgan fingerprint density at radius 1 is 1.59 bits per heavy atom. The van der Waals surface area contributed by atoms with E-state index in [1.54, 1.807) is 13.0 Å². The fourth-order valence-electron chi connectivity index (χ4n) is 3.45. The van der Waals surface area contributed by atoms with Gasteiger partial charge in [0.1, 0.15) is 11.8 Å². The van der Waals surface area contributed by atoms with Gasteiger partial charge in [0.15, 0.2) is 0 Å². The van der Waals surface area contributed by atoms with E-state index in [-0.39, 0.29) is 18.1 Å². The first-order valence-corrected chi connectivity index (χ1v) is 7.74. The van der Waals surface area contributed by atoms with Crippen molar-refractivity contribution >= 4 is 5.91 Å². The van der Waals surface area contributed by atoms with Crippen molar-refractivity contribution in [1.82, 2.24) is 10.1 Å². The number of rotatable bonds is 5. The zero-order valence-electron chi connectivity index (χ0n) is 12.9. The number of carbonyl (C=O) groups is 1. The maximum atomic E-state index is 12.7. The predicted molar refractivity (Wildman–Crippen MR) is 79.5 cm³/mol. The first kappa shape index (κ1) is 15.2. The molecule has 22 heavy (non-hydrogen) atoms. The summed E-state index contributed by atoms with van der Waals surface area (Å²) in [7, 11) is 0. The maximum absolute atomic E-state index is 12.7. The number of fused-ring (bicyclic) bond motifs is 1. The average molecular weight is 306 g/mol. The molecule has 3 atom stereocenters. The van der Waals surface area contributed by atoms with E-state index in [9.17, 15) is 4.79 Å². The van der Waals surface area contributed by atoms with Crippen LogP contribution in [0.3, 0.4) is 0 Å². The van der Waals surface area contributed by atoms with E-state index >= 15 is 0 Å². The Labute approximate surface area is 130 Å². The monoisotopic (exact) mass is 306 g/mol. The van der Waals surface area contributed by atoms with Gasteiger partial charge in [0.05, 0.1) is 37.7 Å². The van der Waals surface area contributed by atoms with Crippen LogP contribution in [0.4, 0.5) is 0 Å². The van der Waals surface area contributed by atoms with Crippen molar-refractivity contribution in [2.45, 2.75) is 31.9 Å². The zero-order chi connectivity index (χ0) is 15.5. The van der Waals surface area contributed by atoms with Crippen LogP contribution >= 0.6 is 0 Å². The van der Waals surface area contributed by atoms with Gasteiger partial charge in [0, 0.05) is 12.5 Å². The first-order valence-electron chi connectivity index (χ1n) is 7.74. The second kappa shape index (κ2) is 6.62. The van der Waals surface area contributed by atoms with Gasteiger partial charge in [-0.05, 0) is 19.8 Å². The SMILES string of the molecule is C=CCOC[C@@H]1CC[C@@H]2[C@@H]1OCCN2C(=O)c1conc1C. The molecule has 1 aromatic rings. The predicted octanol–water partition coefficient (Wildman–Crippen LogP) is 1.81. The average Bonchev–Trinajstić information content (AvgIpc) is 3.13. The van der Waals surface area contributed by atoms with Crippen LogP contribution in [0.1, 0.15) is 28.9 Å². The van der Waals surface area contributed by atoms with Crippen LogP contribution < -0.4 is 0 Å². The number of ether oxygens (including phenoxy) is 2. The number of morpholine rings is 1. The molecule has 120 valence electrons. The van der Waals surface area contributed by atoms with E-state index in [0.29, 0.717) is 43.5 Å². The summed E-state index contributed by atoms with van der Waals surface area (Å²) in [6, 6.07) is 0.118. The van der Waals surface area contributed by atoms with Crippen molar-refractivity contribution in [2.24, 2.45) is 5.92 Å².